The van der Waals surface area contributed by atoms with Crippen molar-refractivity contribution in [2.45, 2.75) is 62.7 Å². The normalized spacial score (nSPS) is 21.4. The van der Waals surface area contributed by atoms with E-state index in [1.807, 2.05) is 18.2 Å². The number of hydrogen-bond donors (Lipinski definition) is 1. The first-order chi connectivity index (χ1) is 16.2. The standard InChI is InChI=1S/C26H26F4N2O2/c27-21-14-19(26(28,29)30)10-11-20(21)23(16-8-9-16)31-24(33)22-5-2-12-32(22)25(34)18-4-1-3-17(13-18)15-6-7-15/h1,3-4,10-11,13-16,22-23H,2,5-9,12H2,(H,31,33)/t22-,23-/m1/s1. The molecule has 5 rings (SSSR count). The molecule has 2 amide bonds. The number of likely N-dealkylation sites (tertiary alicyclic amines) is 1. The number of rotatable bonds is 6. The molecule has 34 heavy (non-hydrogen) atoms. The van der Waals surface area contributed by atoms with Crippen molar-refractivity contribution in [2.75, 3.05) is 6.54 Å². The molecule has 0 spiro atoms. The maximum Gasteiger partial charge on any atom is 0.416 e. The van der Waals surface area contributed by atoms with Crippen LogP contribution < -0.4 is 5.32 Å². The molecule has 2 atom stereocenters. The maximum atomic E-state index is 14.7. The molecule has 2 aliphatic carbocycles. The highest BCUT2D eigenvalue weighted by atomic mass is 19.4. The second-order valence-electron chi connectivity index (χ2n) is 9.61. The summed E-state index contributed by atoms with van der Waals surface area (Å²) < 4.78 is 53.5. The Labute approximate surface area is 195 Å². The summed E-state index contributed by atoms with van der Waals surface area (Å²) in [6, 6.07) is 8.57. The Morgan fingerprint density at radius 2 is 1.76 bits per heavy atom. The minimum Gasteiger partial charge on any atom is -0.347 e. The lowest BCUT2D eigenvalue weighted by atomic mass is 9.99. The predicted octanol–water partition coefficient (Wildman–Crippen LogP) is 5.59. The minimum atomic E-state index is -4.64. The van der Waals surface area contributed by atoms with E-state index in [4.69, 9.17) is 0 Å². The van der Waals surface area contributed by atoms with Crippen LogP contribution in [0.1, 0.15) is 77.5 Å². The molecule has 0 aromatic heterocycles. The van der Waals surface area contributed by atoms with Gasteiger partial charge in [-0.15, -0.1) is 0 Å². The maximum absolute atomic E-state index is 14.7. The molecule has 0 radical (unpaired) electrons. The third kappa shape index (κ3) is 4.68. The summed E-state index contributed by atoms with van der Waals surface area (Å²) in [5.74, 6) is -1.10. The number of nitrogens with one attached hydrogen (secondary N) is 1. The van der Waals surface area contributed by atoms with Crippen molar-refractivity contribution in [3.8, 4) is 0 Å². The highest BCUT2D eigenvalue weighted by Gasteiger charge is 2.40. The molecule has 3 aliphatic rings. The fourth-order valence-corrected chi connectivity index (χ4v) is 4.87. The van der Waals surface area contributed by atoms with Gasteiger partial charge in [0.1, 0.15) is 11.9 Å². The third-order valence-electron chi connectivity index (χ3n) is 7.05. The number of carbonyl (C=O) groups is 2. The van der Waals surface area contributed by atoms with Crippen LogP contribution in [0.2, 0.25) is 0 Å². The van der Waals surface area contributed by atoms with Crippen LogP contribution in [-0.2, 0) is 11.0 Å². The topological polar surface area (TPSA) is 49.4 Å². The largest absolute Gasteiger partial charge is 0.416 e. The molecule has 2 aromatic rings. The van der Waals surface area contributed by atoms with E-state index in [2.05, 4.69) is 5.32 Å². The van der Waals surface area contributed by atoms with Crippen LogP contribution in [-0.4, -0.2) is 29.3 Å². The Hall–Kier alpha value is -2.90. The summed E-state index contributed by atoms with van der Waals surface area (Å²) in [6.45, 7) is 0.452. The highest BCUT2D eigenvalue weighted by molar-refractivity contribution is 5.98. The molecular weight excluding hydrogens is 448 g/mol. The molecule has 3 fully saturated rings. The number of nitrogens with zero attached hydrogens (tertiary/aromatic N) is 1. The predicted molar refractivity (Wildman–Crippen MR) is 117 cm³/mol. The molecule has 1 N–H and O–H groups in total. The molecule has 4 nitrogen and oxygen atoms in total. The van der Waals surface area contributed by atoms with E-state index in [0.717, 1.165) is 43.4 Å². The average Bonchev–Trinajstić information content (AvgIpc) is 3.74. The number of halogens is 4. The van der Waals surface area contributed by atoms with Crippen molar-refractivity contribution in [1.82, 2.24) is 10.2 Å². The first-order valence-electron chi connectivity index (χ1n) is 11.8. The molecular formula is C26H26F4N2O2. The molecule has 1 aliphatic heterocycles. The van der Waals surface area contributed by atoms with E-state index < -0.39 is 29.6 Å². The molecule has 180 valence electrons. The lowest BCUT2D eigenvalue weighted by molar-refractivity contribution is -0.137. The van der Waals surface area contributed by atoms with Gasteiger partial charge in [-0.25, -0.2) is 4.39 Å². The number of carbonyl (C=O) groups excluding carboxylic acids is 2. The van der Waals surface area contributed by atoms with Crippen LogP contribution in [0.4, 0.5) is 17.6 Å². The van der Waals surface area contributed by atoms with Crippen molar-refractivity contribution >= 4 is 11.8 Å². The van der Waals surface area contributed by atoms with Gasteiger partial charge in [0.15, 0.2) is 0 Å². The summed E-state index contributed by atoms with van der Waals surface area (Å²) in [6.07, 6.45) is 0.283. The monoisotopic (exact) mass is 474 g/mol. The van der Waals surface area contributed by atoms with Gasteiger partial charge in [-0.2, -0.15) is 13.2 Å². The van der Waals surface area contributed by atoms with Gasteiger partial charge in [-0.05, 0) is 80.2 Å². The quantitative estimate of drug-likeness (QED) is 0.555. The van der Waals surface area contributed by atoms with Gasteiger partial charge >= 0.3 is 6.18 Å². The summed E-state index contributed by atoms with van der Waals surface area (Å²) in [4.78, 5) is 28.0. The van der Waals surface area contributed by atoms with Gasteiger partial charge in [0.05, 0.1) is 11.6 Å². The zero-order valence-corrected chi connectivity index (χ0v) is 18.6. The van der Waals surface area contributed by atoms with E-state index in [0.29, 0.717) is 36.9 Å². The van der Waals surface area contributed by atoms with Gasteiger partial charge in [0.25, 0.3) is 5.91 Å². The first-order valence-corrected chi connectivity index (χ1v) is 11.8. The summed E-state index contributed by atoms with van der Waals surface area (Å²) >= 11 is 0. The van der Waals surface area contributed by atoms with Crippen molar-refractivity contribution < 1.29 is 27.2 Å². The molecule has 1 saturated heterocycles. The Bertz CT molecular complexity index is 1110. The molecule has 8 heteroatoms. The number of amides is 2. The zero-order chi connectivity index (χ0) is 24.0. The van der Waals surface area contributed by atoms with E-state index >= 15 is 0 Å². The second kappa shape index (κ2) is 8.71. The smallest absolute Gasteiger partial charge is 0.347 e. The number of hydrogen-bond acceptors (Lipinski definition) is 2. The van der Waals surface area contributed by atoms with Crippen molar-refractivity contribution in [2.24, 2.45) is 5.92 Å². The van der Waals surface area contributed by atoms with E-state index in [9.17, 15) is 27.2 Å². The molecule has 0 unspecified atom stereocenters. The van der Waals surface area contributed by atoms with Crippen LogP contribution in [0.25, 0.3) is 0 Å². The third-order valence-corrected chi connectivity index (χ3v) is 7.05. The second-order valence-corrected chi connectivity index (χ2v) is 9.61. The average molecular weight is 474 g/mol. The van der Waals surface area contributed by atoms with E-state index in [-0.39, 0.29) is 23.3 Å². The van der Waals surface area contributed by atoms with Crippen LogP contribution in [0.3, 0.4) is 0 Å². The summed E-state index contributed by atoms with van der Waals surface area (Å²) in [7, 11) is 0. The Morgan fingerprint density at radius 1 is 1.00 bits per heavy atom. The Balaban J connectivity index is 1.33. The van der Waals surface area contributed by atoms with Gasteiger partial charge in [-0.1, -0.05) is 18.2 Å². The Kier molecular flexibility index (Phi) is 5.86. The van der Waals surface area contributed by atoms with Gasteiger partial charge in [-0.3, -0.25) is 9.59 Å². The number of benzene rings is 2. The van der Waals surface area contributed by atoms with Crippen LogP contribution in [0.5, 0.6) is 0 Å². The minimum absolute atomic E-state index is 0.0315. The fraction of sp³-hybridized carbons (Fsp3) is 0.462. The van der Waals surface area contributed by atoms with Gasteiger partial charge < -0.3 is 10.2 Å². The van der Waals surface area contributed by atoms with Gasteiger partial charge in [0.2, 0.25) is 5.91 Å². The SMILES string of the molecule is O=C(N[C@@H](c1ccc(C(F)(F)F)cc1F)C1CC1)[C@H]1CCCN1C(=O)c1cccc(C2CC2)c1. The highest BCUT2D eigenvalue weighted by Crippen LogP contribution is 2.43. The number of alkyl halides is 3. The summed E-state index contributed by atoms with van der Waals surface area (Å²) in [5, 5.41) is 2.86. The fourth-order valence-electron chi connectivity index (χ4n) is 4.87. The van der Waals surface area contributed by atoms with Crippen molar-refractivity contribution in [3.05, 3.63) is 70.5 Å². The van der Waals surface area contributed by atoms with E-state index in [1.54, 1.807) is 11.0 Å². The van der Waals surface area contributed by atoms with Crippen LogP contribution in [0, 0.1) is 11.7 Å². The molecule has 2 aromatic carbocycles. The van der Waals surface area contributed by atoms with Crippen LogP contribution >= 0.6 is 0 Å². The first kappa shape index (κ1) is 22.9. The molecule has 2 saturated carbocycles. The lowest BCUT2D eigenvalue weighted by Crippen LogP contribution is -2.47. The van der Waals surface area contributed by atoms with Crippen molar-refractivity contribution in [1.29, 1.82) is 0 Å². The van der Waals surface area contributed by atoms with Gasteiger partial charge in [0, 0.05) is 17.7 Å². The summed E-state index contributed by atoms with van der Waals surface area (Å²) in [5.41, 5.74) is 0.682. The lowest BCUT2D eigenvalue weighted by Gasteiger charge is -2.27. The molecule has 0 bridgehead atoms. The molecule has 1 heterocycles. The van der Waals surface area contributed by atoms with E-state index in [1.165, 1.54) is 0 Å². The van der Waals surface area contributed by atoms with Crippen molar-refractivity contribution in [3.63, 3.8) is 0 Å². The zero-order valence-electron chi connectivity index (χ0n) is 18.6. The van der Waals surface area contributed by atoms with Crippen LogP contribution in [0.15, 0.2) is 42.5 Å². The Morgan fingerprint density at radius 3 is 2.41 bits per heavy atom.